The van der Waals surface area contributed by atoms with Gasteiger partial charge >= 0.3 is 0 Å². The number of benzene rings is 1. The maximum atomic E-state index is 12.2. The van der Waals surface area contributed by atoms with Crippen LogP contribution in [0.5, 0.6) is 0 Å². The minimum atomic E-state index is -3.90. The van der Waals surface area contributed by atoms with Gasteiger partial charge in [-0.1, -0.05) is 11.6 Å². The number of anilines is 1. The summed E-state index contributed by atoms with van der Waals surface area (Å²) in [5.74, 6) is 0. The number of sulfonamides is 1. The number of hydrogen-bond donors (Lipinski definition) is 1. The zero-order valence-corrected chi connectivity index (χ0v) is 12.0. The van der Waals surface area contributed by atoms with Crippen LogP contribution in [-0.2, 0) is 10.0 Å². The van der Waals surface area contributed by atoms with Gasteiger partial charge in [-0.25, -0.2) is 13.4 Å². The Bertz CT molecular complexity index is 865. The van der Waals surface area contributed by atoms with Crippen molar-refractivity contribution in [2.24, 2.45) is 0 Å². The first-order chi connectivity index (χ1) is 9.96. The van der Waals surface area contributed by atoms with Crippen molar-refractivity contribution in [3.05, 3.63) is 52.8 Å². The van der Waals surface area contributed by atoms with Crippen LogP contribution in [0.3, 0.4) is 0 Å². The number of aromatic nitrogens is 1. The van der Waals surface area contributed by atoms with E-state index < -0.39 is 10.0 Å². The normalized spacial score (nSPS) is 10.4. The van der Waals surface area contributed by atoms with E-state index in [1.54, 1.807) is 6.07 Å². The lowest BCUT2D eigenvalue weighted by Crippen LogP contribution is -2.13. The molecule has 8 heteroatoms. The van der Waals surface area contributed by atoms with Gasteiger partial charge in [0.2, 0.25) is 0 Å². The molecule has 0 saturated carbocycles. The Morgan fingerprint density at radius 2 is 1.90 bits per heavy atom. The van der Waals surface area contributed by atoms with Crippen molar-refractivity contribution in [2.75, 3.05) is 4.72 Å². The van der Waals surface area contributed by atoms with E-state index in [1.165, 1.54) is 30.3 Å². The Labute approximate surface area is 126 Å². The minimum Gasteiger partial charge on any atom is -0.278 e. The van der Waals surface area contributed by atoms with Crippen molar-refractivity contribution < 1.29 is 8.42 Å². The maximum Gasteiger partial charge on any atom is 0.263 e. The Balaban J connectivity index is 2.37. The first kappa shape index (κ1) is 14.8. The van der Waals surface area contributed by atoms with E-state index in [1.807, 2.05) is 6.07 Å². The highest BCUT2D eigenvalue weighted by molar-refractivity contribution is 7.92. The van der Waals surface area contributed by atoms with Crippen molar-refractivity contribution in [3.63, 3.8) is 0 Å². The number of pyridine rings is 1. The van der Waals surface area contributed by atoms with Crippen molar-refractivity contribution in [2.45, 2.75) is 4.90 Å². The number of rotatable bonds is 3. The van der Waals surface area contributed by atoms with Crippen LogP contribution in [0.15, 0.2) is 41.4 Å². The molecule has 2 aromatic rings. The molecule has 2 rings (SSSR count). The van der Waals surface area contributed by atoms with E-state index in [0.29, 0.717) is 0 Å². The molecule has 0 atom stereocenters. The SMILES string of the molecule is N#Cc1ccc(Cl)c(NS(=O)(=O)c2ccc(C#N)nc2)c1. The summed E-state index contributed by atoms with van der Waals surface area (Å²) >= 11 is 5.90. The molecule has 0 aliphatic rings. The van der Waals surface area contributed by atoms with Crippen molar-refractivity contribution >= 4 is 27.3 Å². The third-order valence-electron chi connectivity index (χ3n) is 2.50. The Morgan fingerprint density at radius 1 is 1.14 bits per heavy atom. The van der Waals surface area contributed by atoms with Crippen LogP contribution in [0.25, 0.3) is 0 Å². The number of nitrogens with zero attached hydrogens (tertiary/aromatic N) is 3. The first-order valence-corrected chi connectivity index (χ1v) is 7.41. The zero-order chi connectivity index (χ0) is 15.5. The average Bonchev–Trinajstić information content (AvgIpc) is 2.49. The third kappa shape index (κ3) is 3.29. The molecule has 1 aromatic carbocycles. The number of nitriles is 2. The van der Waals surface area contributed by atoms with Crippen molar-refractivity contribution in [3.8, 4) is 12.1 Å². The molecule has 0 spiro atoms. The zero-order valence-electron chi connectivity index (χ0n) is 10.4. The van der Waals surface area contributed by atoms with Crippen LogP contribution in [0.4, 0.5) is 5.69 Å². The van der Waals surface area contributed by atoms with Gasteiger partial charge in [0.25, 0.3) is 10.0 Å². The van der Waals surface area contributed by atoms with Gasteiger partial charge in [0.1, 0.15) is 16.7 Å². The Kier molecular flexibility index (Phi) is 4.08. The van der Waals surface area contributed by atoms with Crippen molar-refractivity contribution in [1.82, 2.24) is 4.98 Å². The quantitative estimate of drug-likeness (QED) is 0.934. The standard InChI is InChI=1S/C13H7ClN4O2S/c14-12-4-1-9(6-15)5-13(12)18-21(19,20)11-3-2-10(7-16)17-8-11/h1-5,8,18H. The van der Waals surface area contributed by atoms with Crippen LogP contribution in [0.1, 0.15) is 11.3 Å². The van der Waals surface area contributed by atoms with Gasteiger partial charge in [0.05, 0.1) is 22.3 Å². The molecular formula is C13H7ClN4O2S. The van der Waals surface area contributed by atoms with Gasteiger partial charge in [-0.05, 0) is 30.3 Å². The molecule has 1 heterocycles. The highest BCUT2D eigenvalue weighted by atomic mass is 35.5. The summed E-state index contributed by atoms with van der Waals surface area (Å²) in [5, 5.41) is 17.6. The lowest BCUT2D eigenvalue weighted by Gasteiger charge is -2.09. The molecule has 0 bridgehead atoms. The molecule has 0 amide bonds. The van der Waals surface area contributed by atoms with Crippen LogP contribution < -0.4 is 4.72 Å². The van der Waals surface area contributed by atoms with Crippen LogP contribution >= 0.6 is 11.6 Å². The molecule has 0 radical (unpaired) electrons. The maximum absolute atomic E-state index is 12.2. The highest BCUT2D eigenvalue weighted by Crippen LogP contribution is 2.25. The fourth-order valence-corrected chi connectivity index (χ4v) is 2.72. The molecule has 6 nitrogen and oxygen atoms in total. The lowest BCUT2D eigenvalue weighted by molar-refractivity contribution is 0.601. The van der Waals surface area contributed by atoms with Crippen LogP contribution in [0.2, 0.25) is 5.02 Å². The summed E-state index contributed by atoms with van der Waals surface area (Å²) in [5.41, 5.74) is 0.480. The first-order valence-electron chi connectivity index (χ1n) is 5.55. The summed E-state index contributed by atoms with van der Waals surface area (Å²) in [6, 6.07) is 10.5. The molecule has 0 aliphatic carbocycles. The molecule has 1 aromatic heterocycles. The fourth-order valence-electron chi connectivity index (χ4n) is 1.48. The van der Waals surface area contributed by atoms with E-state index >= 15 is 0 Å². The molecular weight excluding hydrogens is 312 g/mol. The lowest BCUT2D eigenvalue weighted by atomic mass is 10.2. The second-order valence-corrected chi connectivity index (χ2v) is 5.99. The van der Waals surface area contributed by atoms with E-state index in [0.717, 1.165) is 6.20 Å². The highest BCUT2D eigenvalue weighted by Gasteiger charge is 2.16. The number of hydrogen-bond acceptors (Lipinski definition) is 5. The van der Waals surface area contributed by atoms with Gasteiger partial charge < -0.3 is 0 Å². The fraction of sp³-hybridized carbons (Fsp3) is 0. The molecule has 0 saturated heterocycles. The second kappa shape index (κ2) is 5.80. The van der Waals surface area contributed by atoms with E-state index in [4.69, 9.17) is 22.1 Å². The topological polar surface area (TPSA) is 107 Å². The molecule has 0 fully saturated rings. The van der Waals surface area contributed by atoms with E-state index in [2.05, 4.69) is 9.71 Å². The largest absolute Gasteiger partial charge is 0.278 e. The van der Waals surface area contributed by atoms with Crippen molar-refractivity contribution in [1.29, 1.82) is 10.5 Å². The average molecular weight is 319 g/mol. The summed E-state index contributed by atoms with van der Waals surface area (Å²) in [7, 11) is -3.90. The Morgan fingerprint density at radius 3 is 2.48 bits per heavy atom. The molecule has 0 unspecified atom stereocenters. The smallest absolute Gasteiger partial charge is 0.263 e. The van der Waals surface area contributed by atoms with E-state index in [-0.39, 0.29) is 26.9 Å². The Hall–Kier alpha value is -2.61. The number of nitrogens with one attached hydrogen (secondary N) is 1. The summed E-state index contributed by atoms with van der Waals surface area (Å²) in [6.45, 7) is 0. The van der Waals surface area contributed by atoms with Crippen LogP contribution in [0, 0.1) is 22.7 Å². The molecule has 1 N–H and O–H groups in total. The summed E-state index contributed by atoms with van der Waals surface area (Å²) in [6.07, 6.45) is 1.07. The van der Waals surface area contributed by atoms with Crippen LogP contribution in [-0.4, -0.2) is 13.4 Å². The van der Waals surface area contributed by atoms with Gasteiger partial charge in [-0.3, -0.25) is 4.72 Å². The minimum absolute atomic E-state index is 0.0973. The molecule has 0 aliphatic heterocycles. The third-order valence-corrected chi connectivity index (χ3v) is 4.18. The predicted octanol–water partition coefficient (Wildman–Crippen LogP) is 2.28. The molecule has 104 valence electrons. The monoisotopic (exact) mass is 318 g/mol. The van der Waals surface area contributed by atoms with Gasteiger partial charge in [-0.15, -0.1) is 0 Å². The summed E-state index contributed by atoms with van der Waals surface area (Å²) in [4.78, 5) is 3.58. The van der Waals surface area contributed by atoms with Gasteiger partial charge in [0.15, 0.2) is 0 Å². The van der Waals surface area contributed by atoms with E-state index in [9.17, 15) is 8.42 Å². The van der Waals surface area contributed by atoms with Gasteiger partial charge in [0, 0.05) is 6.20 Å². The predicted molar refractivity (Wildman–Crippen MR) is 75.9 cm³/mol. The van der Waals surface area contributed by atoms with Gasteiger partial charge in [-0.2, -0.15) is 10.5 Å². The summed E-state index contributed by atoms with van der Waals surface area (Å²) < 4.78 is 26.6. The number of halogens is 1. The molecule has 21 heavy (non-hydrogen) atoms. The second-order valence-electron chi connectivity index (χ2n) is 3.90.